The van der Waals surface area contributed by atoms with Crippen molar-refractivity contribution in [2.24, 2.45) is 0 Å². The first-order valence-electron chi connectivity index (χ1n) is 7.82. The molecular weight excluding hydrogens is 288 g/mol. The van der Waals surface area contributed by atoms with Gasteiger partial charge in [-0.1, -0.05) is 67.1 Å². The van der Waals surface area contributed by atoms with Crippen LogP contribution < -0.4 is 5.32 Å². The molecule has 1 saturated heterocycles. The molecule has 118 valence electrons. The molecule has 0 spiro atoms. The summed E-state index contributed by atoms with van der Waals surface area (Å²) >= 11 is 0. The second kappa shape index (κ2) is 5.88. The number of carbonyl (C=O) groups is 2. The number of nitrogens with one attached hydrogen (secondary N) is 1. The monoisotopic (exact) mass is 308 g/mol. The van der Waals surface area contributed by atoms with E-state index in [0.29, 0.717) is 13.0 Å². The highest BCUT2D eigenvalue weighted by Crippen LogP contribution is 2.33. The van der Waals surface area contributed by atoms with Crippen LogP contribution in [0, 0.1) is 6.92 Å². The average Bonchev–Trinajstić information content (AvgIpc) is 2.81. The van der Waals surface area contributed by atoms with Crippen LogP contribution in [-0.4, -0.2) is 16.8 Å². The Kier molecular flexibility index (Phi) is 3.90. The van der Waals surface area contributed by atoms with Gasteiger partial charge < -0.3 is 5.32 Å². The van der Waals surface area contributed by atoms with Gasteiger partial charge in [-0.2, -0.15) is 0 Å². The number of carbonyl (C=O) groups excluding carboxylic acids is 2. The second-order valence-electron chi connectivity index (χ2n) is 5.94. The normalized spacial score (nSPS) is 20.7. The number of amides is 3. The molecule has 2 aromatic rings. The van der Waals surface area contributed by atoms with Crippen molar-refractivity contribution in [3.63, 3.8) is 0 Å². The van der Waals surface area contributed by atoms with Gasteiger partial charge in [-0.3, -0.25) is 9.69 Å². The van der Waals surface area contributed by atoms with Gasteiger partial charge in [0.2, 0.25) is 0 Å². The van der Waals surface area contributed by atoms with Crippen molar-refractivity contribution in [2.45, 2.75) is 32.4 Å². The van der Waals surface area contributed by atoms with Crippen molar-refractivity contribution in [3.05, 3.63) is 71.3 Å². The maximum absolute atomic E-state index is 13.0. The van der Waals surface area contributed by atoms with Gasteiger partial charge in [0.1, 0.15) is 5.54 Å². The molecule has 1 N–H and O–H groups in total. The summed E-state index contributed by atoms with van der Waals surface area (Å²) < 4.78 is 0. The van der Waals surface area contributed by atoms with E-state index in [9.17, 15) is 9.59 Å². The third kappa shape index (κ3) is 2.61. The molecule has 0 aliphatic carbocycles. The molecule has 1 heterocycles. The smallest absolute Gasteiger partial charge is 0.319 e. The van der Waals surface area contributed by atoms with Gasteiger partial charge in [0.05, 0.1) is 6.54 Å². The van der Waals surface area contributed by atoms with Crippen LogP contribution in [0.15, 0.2) is 54.6 Å². The largest absolute Gasteiger partial charge is 0.325 e. The Morgan fingerprint density at radius 3 is 2.43 bits per heavy atom. The van der Waals surface area contributed by atoms with Crippen molar-refractivity contribution < 1.29 is 9.59 Å². The van der Waals surface area contributed by atoms with Gasteiger partial charge in [-0.05, 0) is 24.5 Å². The maximum atomic E-state index is 13.0. The molecule has 3 rings (SSSR count). The lowest BCUT2D eigenvalue weighted by Crippen LogP contribution is -2.43. The van der Waals surface area contributed by atoms with Gasteiger partial charge in [-0.25, -0.2) is 4.79 Å². The first-order valence-corrected chi connectivity index (χ1v) is 7.82. The number of urea groups is 1. The van der Waals surface area contributed by atoms with Crippen LogP contribution in [0.4, 0.5) is 4.79 Å². The van der Waals surface area contributed by atoms with E-state index >= 15 is 0 Å². The Bertz CT molecular complexity index is 742. The van der Waals surface area contributed by atoms with Gasteiger partial charge in [0.25, 0.3) is 5.91 Å². The van der Waals surface area contributed by atoms with Gasteiger partial charge >= 0.3 is 6.03 Å². The van der Waals surface area contributed by atoms with Crippen LogP contribution in [-0.2, 0) is 16.9 Å². The lowest BCUT2D eigenvalue weighted by molar-refractivity contribution is -0.132. The molecule has 1 aliphatic heterocycles. The highest BCUT2D eigenvalue weighted by molar-refractivity contribution is 6.07. The topological polar surface area (TPSA) is 49.4 Å². The Hall–Kier alpha value is -2.62. The Morgan fingerprint density at radius 1 is 1.04 bits per heavy atom. The number of hydrogen-bond donors (Lipinski definition) is 1. The molecule has 1 atom stereocenters. The molecule has 0 unspecified atom stereocenters. The van der Waals surface area contributed by atoms with Crippen LogP contribution in [0.3, 0.4) is 0 Å². The van der Waals surface area contributed by atoms with E-state index in [-0.39, 0.29) is 11.9 Å². The molecule has 0 bridgehead atoms. The van der Waals surface area contributed by atoms with E-state index in [2.05, 4.69) is 5.32 Å². The van der Waals surface area contributed by atoms with E-state index in [1.807, 2.05) is 68.4 Å². The van der Waals surface area contributed by atoms with E-state index in [1.165, 1.54) is 4.90 Å². The van der Waals surface area contributed by atoms with Crippen molar-refractivity contribution in [1.29, 1.82) is 0 Å². The van der Waals surface area contributed by atoms with E-state index < -0.39 is 5.54 Å². The van der Waals surface area contributed by atoms with Crippen LogP contribution in [0.5, 0.6) is 0 Å². The van der Waals surface area contributed by atoms with Crippen LogP contribution in [0.25, 0.3) is 0 Å². The average molecular weight is 308 g/mol. The quantitative estimate of drug-likeness (QED) is 0.881. The Balaban J connectivity index is 1.93. The van der Waals surface area contributed by atoms with Gasteiger partial charge in [0, 0.05) is 0 Å². The fraction of sp³-hybridized carbons (Fsp3) is 0.263. The number of benzene rings is 2. The van der Waals surface area contributed by atoms with Crippen molar-refractivity contribution in [2.75, 3.05) is 0 Å². The SMILES string of the molecule is CC[C@]1(c2ccccc2)NC(=O)N(Cc2cccc(C)c2)C1=O. The molecule has 4 nitrogen and oxygen atoms in total. The summed E-state index contributed by atoms with van der Waals surface area (Å²) in [5, 5.41) is 2.91. The highest BCUT2D eigenvalue weighted by atomic mass is 16.2. The lowest BCUT2D eigenvalue weighted by Gasteiger charge is -2.25. The molecule has 23 heavy (non-hydrogen) atoms. The number of hydrogen-bond acceptors (Lipinski definition) is 2. The van der Waals surface area contributed by atoms with Crippen LogP contribution in [0.2, 0.25) is 0 Å². The summed E-state index contributed by atoms with van der Waals surface area (Å²) in [6, 6.07) is 17.0. The molecule has 0 radical (unpaired) electrons. The third-order valence-electron chi connectivity index (χ3n) is 4.40. The van der Waals surface area contributed by atoms with Gasteiger partial charge in [-0.15, -0.1) is 0 Å². The molecule has 1 fully saturated rings. The number of rotatable bonds is 4. The minimum absolute atomic E-state index is 0.183. The van der Waals surface area contributed by atoms with Crippen molar-refractivity contribution in [1.82, 2.24) is 10.2 Å². The molecule has 4 heteroatoms. The van der Waals surface area contributed by atoms with Crippen LogP contribution in [0.1, 0.15) is 30.0 Å². The summed E-state index contributed by atoms with van der Waals surface area (Å²) in [7, 11) is 0. The van der Waals surface area contributed by atoms with E-state index in [0.717, 1.165) is 16.7 Å². The molecule has 0 aromatic heterocycles. The zero-order valence-electron chi connectivity index (χ0n) is 13.4. The Labute approximate surface area is 136 Å². The summed E-state index contributed by atoms with van der Waals surface area (Å²) in [5.74, 6) is -0.183. The van der Waals surface area contributed by atoms with Gasteiger partial charge in [0.15, 0.2) is 0 Å². The minimum atomic E-state index is -0.956. The molecule has 3 amide bonds. The Morgan fingerprint density at radius 2 is 1.78 bits per heavy atom. The molecular formula is C19H20N2O2. The van der Waals surface area contributed by atoms with Crippen molar-refractivity contribution in [3.8, 4) is 0 Å². The summed E-state index contributed by atoms with van der Waals surface area (Å²) in [6.07, 6.45) is 0.520. The third-order valence-corrected chi connectivity index (χ3v) is 4.40. The van der Waals surface area contributed by atoms with E-state index in [4.69, 9.17) is 0 Å². The fourth-order valence-electron chi connectivity index (χ4n) is 3.12. The zero-order chi connectivity index (χ0) is 16.4. The fourth-order valence-corrected chi connectivity index (χ4v) is 3.12. The number of nitrogens with zero attached hydrogens (tertiary/aromatic N) is 1. The lowest BCUT2D eigenvalue weighted by atomic mass is 9.87. The predicted octanol–water partition coefficient (Wildman–Crippen LogP) is 3.35. The number of aryl methyl sites for hydroxylation is 1. The zero-order valence-corrected chi connectivity index (χ0v) is 13.4. The summed E-state index contributed by atoms with van der Waals surface area (Å²) in [6.45, 7) is 4.21. The minimum Gasteiger partial charge on any atom is -0.319 e. The molecule has 1 aliphatic rings. The molecule has 0 saturated carbocycles. The maximum Gasteiger partial charge on any atom is 0.325 e. The highest BCUT2D eigenvalue weighted by Gasteiger charge is 2.50. The first-order chi connectivity index (χ1) is 11.1. The van der Waals surface area contributed by atoms with E-state index in [1.54, 1.807) is 0 Å². The first kappa shape index (κ1) is 15.3. The second-order valence-corrected chi connectivity index (χ2v) is 5.94. The standard InChI is InChI=1S/C19H20N2O2/c1-3-19(16-10-5-4-6-11-16)17(22)21(18(23)20-19)13-15-9-7-8-14(2)12-15/h4-12H,3,13H2,1-2H3,(H,20,23)/t19-/m1/s1. The van der Waals surface area contributed by atoms with Crippen molar-refractivity contribution >= 4 is 11.9 Å². The number of imide groups is 1. The molecule has 2 aromatic carbocycles. The van der Waals surface area contributed by atoms with Crippen LogP contribution >= 0.6 is 0 Å². The predicted molar refractivity (Wildman–Crippen MR) is 88.7 cm³/mol. The summed E-state index contributed by atoms with van der Waals surface area (Å²) in [5.41, 5.74) is 1.93. The summed E-state index contributed by atoms with van der Waals surface area (Å²) in [4.78, 5) is 26.7.